The molecule has 1 N–H and O–H groups in total. The van der Waals surface area contributed by atoms with Crippen LogP contribution in [0.25, 0.3) is 0 Å². The van der Waals surface area contributed by atoms with Crippen molar-refractivity contribution in [2.45, 2.75) is 22.8 Å². The van der Waals surface area contributed by atoms with Gasteiger partial charge in [-0.3, -0.25) is 9.59 Å². The highest BCUT2D eigenvalue weighted by Crippen LogP contribution is 2.30. The third kappa shape index (κ3) is 3.91. The lowest BCUT2D eigenvalue weighted by Gasteiger charge is -2.38. The third-order valence-electron chi connectivity index (χ3n) is 4.58. The van der Waals surface area contributed by atoms with Crippen molar-refractivity contribution in [3.8, 4) is 0 Å². The number of carbonyl (C=O) groups excluding carboxylic acids is 2. The van der Waals surface area contributed by atoms with Crippen molar-refractivity contribution in [3.63, 3.8) is 0 Å². The van der Waals surface area contributed by atoms with E-state index in [1.54, 1.807) is 28.8 Å². The summed E-state index contributed by atoms with van der Waals surface area (Å²) in [7, 11) is 0. The lowest BCUT2D eigenvalue weighted by atomic mass is 10.1. The van der Waals surface area contributed by atoms with Crippen LogP contribution in [0.2, 0.25) is 0 Å². The highest BCUT2D eigenvalue weighted by molar-refractivity contribution is 7.99. The predicted octanol–water partition coefficient (Wildman–Crippen LogP) is 2.76. The summed E-state index contributed by atoms with van der Waals surface area (Å²) in [5, 5.41) is 10.4. The van der Waals surface area contributed by atoms with Crippen molar-refractivity contribution >= 4 is 29.3 Å². The Labute approximate surface area is 166 Å². The number of anilines is 1. The van der Waals surface area contributed by atoms with Crippen LogP contribution in [0, 0.1) is 6.92 Å². The summed E-state index contributed by atoms with van der Waals surface area (Å²) < 4.78 is 1.70. The topological polar surface area (TPSA) is 80.1 Å². The zero-order valence-corrected chi connectivity index (χ0v) is 16.1. The molecule has 0 aliphatic carbocycles. The van der Waals surface area contributed by atoms with Crippen LogP contribution in [0.4, 0.5) is 5.69 Å². The van der Waals surface area contributed by atoms with E-state index in [0.717, 1.165) is 15.4 Å². The number of likely N-dealkylation sites (tertiary alicyclic amines) is 1. The molecule has 3 aromatic rings. The van der Waals surface area contributed by atoms with Crippen molar-refractivity contribution in [2.75, 3.05) is 18.4 Å². The van der Waals surface area contributed by atoms with Crippen LogP contribution < -0.4 is 5.32 Å². The fourth-order valence-corrected chi connectivity index (χ4v) is 3.92. The molecule has 1 aliphatic rings. The molecule has 7 nitrogen and oxygen atoms in total. The number of hydrogen-bond donors (Lipinski definition) is 1. The standard InChI is InChI=1S/C20H19N5O2S/c1-14-11-17(28-16-5-3-2-4-6-16)7-8-18(14)22-19(26)20(27)24-12-15(13-24)25-10-9-21-23-25/h2-11,15H,12-13H2,1H3,(H,22,26). The first-order chi connectivity index (χ1) is 13.6. The molecule has 142 valence electrons. The van der Waals surface area contributed by atoms with Gasteiger partial charge in [0.15, 0.2) is 0 Å². The quantitative estimate of drug-likeness (QED) is 0.690. The van der Waals surface area contributed by atoms with Crippen LogP contribution in [-0.2, 0) is 9.59 Å². The van der Waals surface area contributed by atoms with E-state index >= 15 is 0 Å². The van der Waals surface area contributed by atoms with Gasteiger partial charge < -0.3 is 10.2 Å². The van der Waals surface area contributed by atoms with E-state index < -0.39 is 11.8 Å². The van der Waals surface area contributed by atoms with Crippen LogP contribution >= 0.6 is 11.8 Å². The molecule has 8 heteroatoms. The smallest absolute Gasteiger partial charge is 0.313 e. The molecule has 28 heavy (non-hydrogen) atoms. The number of nitrogens with zero attached hydrogens (tertiary/aromatic N) is 4. The van der Waals surface area contributed by atoms with E-state index in [1.165, 1.54) is 4.90 Å². The summed E-state index contributed by atoms with van der Waals surface area (Å²) in [6.45, 7) is 2.84. The second kappa shape index (κ2) is 7.85. The average Bonchev–Trinajstić information content (AvgIpc) is 3.17. The number of rotatable bonds is 4. The fraction of sp³-hybridized carbons (Fsp3) is 0.200. The average molecular weight is 393 g/mol. The lowest BCUT2D eigenvalue weighted by molar-refractivity contribution is -0.147. The molecule has 1 aromatic heterocycles. The van der Waals surface area contributed by atoms with Gasteiger partial charge in [-0.25, -0.2) is 4.68 Å². The highest BCUT2D eigenvalue weighted by atomic mass is 32.2. The number of aromatic nitrogens is 3. The van der Waals surface area contributed by atoms with Gasteiger partial charge in [0.2, 0.25) is 0 Å². The molecule has 1 saturated heterocycles. The summed E-state index contributed by atoms with van der Waals surface area (Å²) in [4.78, 5) is 28.4. The molecule has 0 unspecified atom stereocenters. The van der Waals surface area contributed by atoms with E-state index in [1.807, 2.05) is 55.5 Å². The van der Waals surface area contributed by atoms with E-state index in [9.17, 15) is 9.59 Å². The molecule has 1 fully saturated rings. The van der Waals surface area contributed by atoms with Gasteiger partial charge in [0.25, 0.3) is 0 Å². The molecular formula is C20H19N5O2S. The number of hydrogen-bond acceptors (Lipinski definition) is 5. The molecule has 2 aromatic carbocycles. The van der Waals surface area contributed by atoms with Gasteiger partial charge in [-0.15, -0.1) is 5.10 Å². The van der Waals surface area contributed by atoms with Gasteiger partial charge in [0, 0.05) is 34.8 Å². The summed E-state index contributed by atoms with van der Waals surface area (Å²) >= 11 is 1.65. The Hall–Kier alpha value is -3.13. The first-order valence-corrected chi connectivity index (χ1v) is 9.71. The van der Waals surface area contributed by atoms with Crippen molar-refractivity contribution in [2.24, 2.45) is 0 Å². The van der Waals surface area contributed by atoms with Gasteiger partial charge >= 0.3 is 11.8 Å². The Morgan fingerprint density at radius 1 is 1.11 bits per heavy atom. The molecule has 2 heterocycles. The first-order valence-electron chi connectivity index (χ1n) is 8.90. The molecule has 0 radical (unpaired) electrons. The van der Waals surface area contributed by atoms with Crippen molar-refractivity contribution in [1.29, 1.82) is 0 Å². The first kappa shape index (κ1) is 18.2. The molecule has 0 bridgehead atoms. The Kier molecular flexibility index (Phi) is 5.12. The van der Waals surface area contributed by atoms with Gasteiger partial charge in [0.1, 0.15) is 0 Å². The Bertz CT molecular complexity index is 985. The summed E-state index contributed by atoms with van der Waals surface area (Å²) in [6.07, 6.45) is 3.35. The van der Waals surface area contributed by atoms with Gasteiger partial charge in [-0.2, -0.15) is 0 Å². The van der Waals surface area contributed by atoms with E-state index in [4.69, 9.17) is 0 Å². The molecular weight excluding hydrogens is 374 g/mol. The van der Waals surface area contributed by atoms with Gasteiger partial charge in [-0.1, -0.05) is 35.2 Å². The normalized spacial score (nSPS) is 13.8. The monoisotopic (exact) mass is 393 g/mol. The maximum atomic E-state index is 12.3. The molecule has 2 amide bonds. The number of amides is 2. The minimum Gasteiger partial charge on any atom is -0.330 e. The zero-order valence-electron chi connectivity index (χ0n) is 15.3. The second-order valence-corrected chi connectivity index (χ2v) is 7.74. The van der Waals surface area contributed by atoms with E-state index in [2.05, 4.69) is 15.6 Å². The zero-order chi connectivity index (χ0) is 19.5. The van der Waals surface area contributed by atoms with Gasteiger partial charge in [-0.05, 0) is 42.8 Å². The highest BCUT2D eigenvalue weighted by Gasteiger charge is 2.35. The molecule has 0 atom stereocenters. The van der Waals surface area contributed by atoms with Crippen LogP contribution in [0.3, 0.4) is 0 Å². The summed E-state index contributed by atoms with van der Waals surface area (Å²) in [5.41, 5.74) is 1.55. The number of benzene rings is 2. The minimum absolute atomic E-state index is 0.0790. The van der Waals surface area contributed by atoms with E-state index in [0.29, 0.717) is 18.8 Å². The molecule has 1 aliphatic heterocycles. The maximum Gasteiger partial charge on any atom is 0.313 e. The van der Waals surface area contributed by atoms with Crippen LogP contribution in [0.1, 0.15) is 11.6 Å². The van der Waals surface area contributed by atoms with Crippen LogP contribution in [0.15, 0.2) is 70.7 Å². The Morgan fingerprint density at radius 3 is 2.57 bits per heavy atom. The third-order valence-corrected chi connectivity index (χ3v) is 5.58. The summed E-state index contributed by atoms with van der Waals surface area (Å²) in [5.74, 6) is -1.15. The number of nitrogens with one attached hydrogen (secondary N) is 1. The molecule has 0 spiro atoms. The van der Waals surface area contributed by atoms with E-state index in [-0.39, 0.29) is 6.04 Å². The largest absolute Gasteiger partial charge is 0.330 e. The lowest BCUT2D eigenvalue weighted by Crippen LogP contribution is -2.54. The second-order valence-electron chi connectivity index (χ2n) is 6.59. The summed E-state index contributed by atoms with van der Waals surface area (Å²) in [6, 6.07) is 15.9. The molecule has 0 saturated carbocycles. The maximum absolute atomic E-state index is 12.3. The van der Waals surface area contributed by atoms with Gasteiger partial charge in [0.05, 0.1) is 12.2 Å². The van der Waals surface area contributed by atoms with Crippen LogP contribution in [-0.4, -0.2) is 44.8 Å². The van der Waals surface area contributed by atoms with Crippen molar-refractivity contribution < 1.29 is 9.59 Å². The van der Waals surface area contributed by atoms with Crippen molar-refractivity contribution in [3.05, 3.63) is 66.5 Å². The fourth-order valence-electron chi connectivity index (χ4n) is 2.98. The number of carbonyl (C=O) groups is 2. The Balaban J connectivity index is 1.34. The van der Waals surface area contributed by atoms with Crippen LogP contribution in [0.5, 0.6) is 0 Å². The SMILES string of the molecule is Cc1cc(Sc2ccccc2)ccc1NC(=O)C(=O)N1CC(n2ccnn2)C1. The number of aryl methyl sites for hydroxylation is 1. The predicted molar refractivity (Wildman–Crippen MR) is 106 cm³/mol. The molecule has 4 rings (SSSR count). The van der Waals surface area contributed by atoms with Crippen molar-refractivity contribution in [1.82, 2.24) is 19.9 Å². The Morgan fingerprint density at radius 2 is 1.89 bits per heavy atom. The minimum atomic E-state index is -0.622.